The summed E-state index contributed by atoms with van der Waals surface area (Å²) in [4.78, 5) is 41.2. The van der Waals surface area contributed by atoms with Gasteiger partial charge in [-0.2, -0.15) is 0 Å². The van der Waals surface area contributed by atoms with Gasteiger partial charge in [0.05, 0.1) is 22.3 Å². The molecule has 0 unspecified atom stereocenters. The summed E-state index contributed by atoms with van der Waals surface area (Å²) in [6.07, 6.45) is 3.85. The molecule has 1 aliphatic carbocycles. The van der Waals surface area contributed by atoms with Gasteiger partial charge >= 0.3 is 0 Å². The highest BCUT2D eigenvalue weighted by Gasteiger charge is 2.41. The molecule has 2 atom stereocenters. The minimum absolute atomic E-state index is 0.0255. The summed E-state index contributed by atoms with van der Waals surface area (Å²) in [6.45, 7) is 8.63. The number of fused-ring (bicyclic) bond motifs is 1. The van der Waals surface area contributed by atoms with Gasteiger partial charge in [-0.1, -0.05) is 89.1 Å². The fourth-order valence-electron chi connectivity index (χ4n) is 6.13. The van der Waals surface area contributed by atoms with Gasteiger partial charge in [-0.3, -0.25) is 24.6 Å². The van der Waals surface area contributed by atoms with Crippen molar-refractivity contribution in [2.75, 3.05) is 10.2 Å². The third-order valence-electron chi connectivity index (χ3n) is 8.40. The van der Waals surface area contributed by atoms with Crippen molar-refractivity contribution in [3.63, 3.8) is 0 Å². The molecule has 3 aromatic rings. The number of carbonyl (C=O) groups is 2. The molecule has 7 nitrogen and oxygen atoms in total. The molecule has 7 heteroatoms. The fraction of sp³-hybridized carbons (Fsp3) is 0.371. The van der Waals surface area contributed by atoms with Gasteiger partial charge in [-0.05, 0) is 53.0 Å². The number of para-hydroxylation sites is 2. The van der Waals surface area contributed by atoms with Crippen LogP contribution in [0, 0.1) is 10.1 Å². The van der Waals surface area contributed by atoms with Crippen LogP contribution in [0.5, 0.6) is 0 Å². The molecule has 0 fully saturated rings. The van der Waals surface area contributed by atoms with Crippen LogP contribution in [-0.2, 0) is 15.0 Å². The molecule has 0 radical (unpaired) electrons. The lowest BCUT2D eigenvalue weighted by Crippen LogP contribution is -2.38. The molecule has 3 aromatic carbocycles. The fourth-order valence-corrected chi connectivity index (χ4v) is 6.13. The lowest BCUT2D eigenvalue weighted by molar-refractivity contribution is -0.384. The van der Waals surface area contributed by atoms with Crippen LogP contribution in [0.25, 0.3) is 0 Å². The van der Waals surface area contributed by atoms with E-state index in [2.05, 4.69) is 57.3 Å². The van der Waals surface area contributed by atoms with Gasteiger partial charge in [0.2, 0.25) is 5.91 Å². The molecule has 42 heavy (non-hydrogen) atoms. The number of allylic oxidation sites excluding steroid dienone is 1. The van der Waals surface area contributed by atoms with E-state index < -0.39 is 11.0 Å². The third-order valence-corrected chi connectivity index (χ3v) is 8.40. The number of benzene rings is 3. The van der Waals surface area contributed by atoms with Crippen LogP contribution in [0.3, 0.4) is 0 Å². The topological polar surface area (TPSA) is 92.6 Å². The summed E-state index contributed by atoms with van der Waals surface area (Å²) in [6, 6.07) is 21.7. The van der Waals surface area contributed by atoms with Gasteiger partial charge in [0.1, 0.15) is 0 Å². The van der Waals surface area contributed by atoms with Crippen molar-refractivity contribution in [1.29, 1.82) is 0 Å². The van der Waals surface area contributed by atoms with Crippen molar-refractivity contribution in [2.45, 2.75) is 83.6 Å². The molecule has 1 amide bonds. The Bertz CT molecular complexity index is 1530. The van der Waals surface area contributed by atoms with E-state index in [0.717, 1.165) is 36.2 Å². The van der Waals surface area contributed by atoms with Crippen LogP contribution in [0.4, 0.5) is 17.1 Å². The van der Waals surface area contributed by atoms with Crippen LogP contribution < -0.4 is 10.2 Å². The lowest BCUT2D eigenvalue weighted by atomic mass is 9.77. The first kappa shape index (κ1) is 29.2. The number of amides is 1. The van der Waals surface area contributed by atoms with E-state index in [1.54, 1.807) is 17.0 Å². The van der Waals surface area contributed by atoms with Crippen molar-refractivity contribution in [3.05, 3.63) is 111 Å². The second kappa shape index (κ2) is 11.9. The Balaban J connectivity index is 1.64. The minimum Gasteiger partial charge on any atom is -0.357 e. The molecule has 0 saturated heterocycles. The zero-order valence-corrected chi connectivity index (χ0v) is 24.9. The van der Waals surface area contributed by atoms with E-state index in [4.69, 9.17) is 0 Å². The predicted octanol–water partition coefficient (Wildman–Crippen LogP) is 8.37. The van der Waals surface area contributed by atoms with E-state index in [0.29, 0.717) is 36.1 Å². The Morgan fingerprint density at radius 2 is 1.71 bits per heavy atom. The zero-order chi connectivity index (χ0) is 30.0. The van der Waals surface area contributed by atoms with E-state index in [1.165, 1.54) is 17.7 Å². The van der Waals surface area contributed by atoms with Crippen molar-refractivity contribution in [2.24, 2.45) is 0 Å². The number of nitro groups is 1. The van der Waals surface area contributed by atoms with E-state index in [9.17, 15) is 19.7 Å². The molecule has 1 N–H and O–H groups in total. The molecule has 0 aromatic heterocycles. The quantitative estimate of drug-likeness (QED) is 0.176. The summed E-state index contributed by atoms with van der Waals surface area (Å²) >= 11 is 0. The summed E-state index contributed by atoms with van der Waals surface area (Å²) in [5.74, 6) is -0.178. The number of nitro benzene ring substituents is 1. The van der Waals surface area contributed by atoms with Gasteiger partial charge in [0.15, 0.2) is 5.78 Å². The molecular weight excluding hydrogens is 526 g/mol. The van der Waals surface area contributed by atoms with Gasteiger partial charge in [-0.25, -0.2) is 0 Å². The van der Waals surface area contributed by atoms with E-state index >= 15 is 0 Å². The second-order valence-corrected chi connectivity index (χ2v) is 12.4. The molecule has 0 bridgehead atoms. The highest BCUT2D eigenvalue weighted by atomic mass is 16.6. The standard InChI is InChI=1S/C35H39N3O4/c1-5-6-7-15-32(40)37-30-14-9-8-13-28(30)36-29-21-25(23-16-18-26(19-17-23)35(2,3)4)22-31(39)33(29)34(37)24-11-10-12-27(20-24)38(41)42/h8-14,16-20,25,34,36H,5-7,15,21-22H2,1-4H3/t25-,34-/m0/s1. The normalized spacial score (nSPS) is 18.6. The number of anilines is 2. The van der Waals surface area contributed by atoms with Crippen molar-refractivity contribution in [1.82, 2.24) is 0 Å². The van der Waals surface area contributed by atoms with Gasteiger partial charge < -0.3 is 5.32 Å². The first-order valence-corrected chi connectivity index (χ1v) is 14.9. The molecule has 5 rings (SSSR count). The Kier molecular flexibility index (Phi) is 8.30. The van der Waals surface area contributed by atoms with E-state index in [-0.39, 0.29) is 28.7 Å². The summed E-state index contributed by atoms with van der Waals surface area (Å²) in [7, 11) is 0. The average molecular weight is 566 g/mol. The summed E-state index contributed by atoms with van der Waals surface area (Å²) in [5.41, 5.74) is 5.55. The average Bonchev–Trinajstić information content (AvgIpc) is 3.11. The summed E-state index contributed by atoms with van der Waals surface area (Å²) in [5, 5.41) is 15.3. The Morgan fingerprint density at radius 1 is 0.976 bits per heavy atom. The first-order valence-electron chi connectivity index (χ1n) is 14.9. The highest BCUT2D eigenvalue weighted by Crippen LogP contribution is 2.48. The van der Waals surface area contributed by atoms with Gasteiger partial charge in [0.25, 0.3) is 5.69 Å². The Morgan fingerprint density at radius 3 is 2.40 bits per heavy atom. The SMILES string of the molecule is CCCCCC(=O)N1c2ccccc2NC2=C(C(=O)C[C@@H](c3ccc(C(C)(C)C)cc3)C2)[C@@H]1c1cccc([N+](=O)[O-])c1. The molecule has 2 aliphatic rings. The molecule has 0 spiro atoms. The lowest BCUT2D eigenvalue weighted by Gasteiger charge is -2.35. The molecular formula is C35H39N3O4. The molecule has 218 valence electrons. The van der Waals surface area contributed by atoms with Crippen molar-refractivity contribution >= 4 is 28.8 Å². The zero-order valence-electron chi connectivity index (χ0n) is 24.9. The number of unbranched alkanes of at least 4 members (excludes halogenated alkanes) is 2. The Hall–Kier alpha value is -4.26. The number of Topliss-reactive ketones (excluding diaryl/α,β-unsaturated/α-hetero) is 1. The van der Waals surface area contributed by atoms with Gasteiger partial charge in [-0.15, -0.1) is 0 Å². The maximum Gasteiger partial charge on any atom is 0.269 e. The monoisotopic (exact) mass is 565 g/mol. The van der Waals surface area contributed by atoms with Crippen molar-refractivity contribution in [3.8, 4) is 0 Å². The molecule has 1 heterocycles. The minimum atomic E-state index is -0.776. The van der Waals surface area contributed by atoms with Crippen LogP contribution in [-0.4, -0.2) is 16.6 Å². The largest absolute Gasteiger partial charge is 0.357 e. The number of hydrogen-bond donors (Lipinski definition) is 1. The van der Waals surface area contributed by atoms with Crippen molar-refractivity contribution < 1.29 is 14.5 Å². The van der Waals surface area contributed by atoms with Gasteiger partial charge in [0, 0.05) is 36.2 Å². The number of nitrogens with one attached hydrogen (secondary N) is 1. The van der Waals surface area contributed by atoms with E-state index in [1.807, 2.05) is 24.3 Å². The number of carbonyl (C=O) groups excluding carboxylic acids is 2. The maximum atomic E-state index is 14.2. The highest BCUT2D eigenvalue weighted by molar-refractivity contribution is 6.06. The molecule has 1 aliphatic heterocycles. The number of nitrogens with zero attached hydrogens (tertiary/aromatic N) is 2. The smallest absolute Gasteiger partial charge is 0.269 e. The van der Waals surface area contributed by atoms with Crippen LogP contribution >= 0.6 is 0 Å². The number of rotatable bonds is 7. The first-order chi connectivity index (χ1) is 20.1. The number of non-ortho nitro benzene ring substituents is 1. The Labute approximate surface area is 247 Å². The third kappa shape index (κ3) is 5.87. The maximum absolute atomic E-state index is 14.2. The van der Waals surface area contributed by atoms with Crippen LogP contribution in [0.2, 0.25) is 0 Å². The number of hydrogen-bond acceptors (Lipinski definition) is 5. The van der Waals surface area contributed by atoms with Crippen LogP contribution in [0.1, 0.15) is 94.9 Å². The summed E-state index contributed by atoms with van der Waals surface area (Å²) < 4.78 is 0. The molecule has 0 saturated carbocycles. The number of ketones is 1. The van der Waals surface area contributed by atoms with Crippen LogP contribution in [0.15, 0.2) is 84.1 Å². The predicted molar refractivity (Wildman–Crippen MR) is 167 cm³/mol. The second-order valence-electron chi connectivity index (χ2n) is 12.4.